The van der Waals surface area contributed by atoms with Crippen LogP contribution in [-0.4, -0.2) is 58.4 Å². The number of hydrazine groups is 1. The van der Waals surface area contributed by atoms with Crippen LogP contribution < -0.4 is 9.91 Å². The summed E-state index contributed by atoms with van der Waals surface area (Å²) >= 11 is 7.09. The maximum atomic E-state index is 14.2. The maximum absolute atomic E-state index is 14.2. The van der Waals surface area contributed by atoms with Gasteiger partial charge in [-0.3, -0.25) is 9.80 Å². The zero-order chi connectivity index (χ0) is 29.9. The van der Waals surface area contributed by atoms with Crippen molar-refractivity contribution in [1.29, 1.82) is 0 Å². The molecule has 0 unspecified atom stereocenters. The first-order chi connectivity index (χ1) is 19.3. The van der Waals surface area contributed by atoms with Crippen LogP contribution in [0.1, 0.15) is 93.6 Å². The number of amides is 1. The number of anilines is 2. The van der Waals surface area contributed by atoms with Gasteiger partial charge in [0.2, 0.25) is 5.91 Å². The molecule has 41 heavy (non-hydrogen) atoms. The second-order valence-corrected chi connectivity index (χ2v) is 14.0. The van der Waals surface area contributed by atoms with Gasteiger partial charge < -0.3 is 10.0 Å². The summed E-state index contributed by atoms with van der Waals surface area (Å²) in [6, 6.07) is 5.58. The molecule has 2 aromatic rings. The minimum absolute atomic E-state index is 0.0664. The highest BCUT2D eigenvalue weighted by molar-refractivity contribution is 7.15. The molecular weight excluding hydrogens is 558 g/mol. The summed E-state index contributed by atoms with van der Waals surface area (Å²) < 4.78 is 0. The Hall–Kier alpha value is -2.67. The van der Waals surface area contributed by atoms with Crippen molar-refractivity contribution in [2.75, 3.05) is 24.0 Å². The summed E-state index contributed by atoms with van der Waals surface area (Å²) in [5.74, 6) is 6.69. The second kappa shape index (κ2) is 13.1. The normalized spacial score (nSPS) is 23.0. The van der Waals surface area contributed by atoms with Crippen molar-refractivity contribution in [1.82, 2.24) is 15.2 Å². The van der Waals surface area contributed by atoms with Gasteiger partial charge in [-0.15, -0.1) is 21.5 Å². The van der Waals surface area contributed by atoms with Crippen LogP contribution in [0.15, 0.2) is 18.2 Å². The van der Waals surface area contributed by atoms with Gasteiger partial charge in [0, 0.05) is 37.5 Å². The van der Waals surface area contributed by atoms with Crippen LogP contribution in [0, 0.1) is 29.1 Å². The summed E-state index contributed by atoms with van der Waals surface area (Å²) in [7, 11) is 3.99. The molecule has 2 aliphatic carbocycles. The molecule has 1 amide bonds. The first-order valence-corrected chi connectivity index (χ1v) is 15.7. The highest BCUT2D eigenvalue weighted by Crippen LogP contribution is 2.39. The Morgan fingerprint density at radius 3 is 2.20 bits per heavy atom. The van der Waals surface area contributed by atoms with Gasteiger partial charge in [-0.2, -0.15) is 0 Å². The lowest BCUT2D eigenvalue weighted by molar-refractivity contribution is -0.124. The fourth-order valence-electron chi connectivity index (χ4n) is 5.80. The third-order valence-corrected chi connectivity index (χ3v) is 9.54. The smallest absolute Gasteiger partial charge is 0.348 e. The van der Waals surface area contributed by atoms with E-state index < -0.39 is 5.97 Å². The molecule has 8 nitrogen and oxygen atoms in total. The average Bonchev–Trinajstić information content (AvgIpc) is 3.36. The number of nitrogens with zero attached hydrogens (tertiary/aromatic N) is 5. The van der Waals surface area contributed by atoms with Crippen LogP contribution in [0.5, 0.6) is 0 Å². The Bertz CT molecular complexity index is 1280. The van der Waals surface area contributed by atoms with E-state index in [-0.39, 0.29) is 34.2 Å². The van der Waals surface area contributed by atoms with Gasteiger partial charge in [0.05, 0.1) is 10.6 Å². The Morgan fingerprint density at radius 1 is 1.00 bits per heavy atom. The number of hydrogen-bond donors (Lipinski definition) is 1. The molecule has 0 saturated heterocycles. The van der Waals surface area contributed by atoms with E-state index >= 15 is 0 Å². The molecular formula is C31H42ClN5O3S. The van der Waals surface area contributed by atoms with Crippen molar-refractivity contribution in [3.63, 3.8) is 0 Å². The predicted octanol–water partition coefficient (Wildman–Crippen LogP) is 6.74. The molecule has 0 spiro atoms. The Morgan fingerprint density at radius 2 is 1.63 bits per heavy atom. The SMILES string of the molecule is CC1CCC(C(=O)N(c2cc(C#CC(C)(C)C)sc2C(=O)O)C2CCC(N(C)N(C)c3ccc(Cl)nn3)CC2)CC1. The molecule has 4 rings (SSSR count). The van der Waals surface area contributed by atoms with E-state index in [2.05, 4.69) is 34.0 Å². The molecule has 2 aliphatic rings. The molecule has 2 fully saturated rings. The first-order valence-electron chi connectivity index (χ1n) is 14.5. The monoisotopic (exact) mass is 599 g/mol. The van der Waals surface area contributed by atoms with Gasteiger partial charge in [0.15, 0.2) is 11.0 Å². The van der Waals surface area contributed by atoms with E-state index in [9.17, 15) is 14.7 Å². The van der Waals surface area contributed by atoms with Gasteiger partial charge in [-0.05, 0) is 96.3 Å². The van der Waals surface area contributed by atoms with Crippen molar-refractivity contribution in [2.24, 2.45) is 17.3 Å². The van der Waals surface area contributed by atoms with Crippen LogP contribution in [0.25, 0.3) is 0 Å². The van der Waals surface area contributed by atoms with Crippen molar-refractivity contribution in [2.45, 2.75) is 91.1 Å². The van der Waals surface area contributed by atoms with Gasteiger partial charge in [0.1, 0.15) is 4.88 Å². The predicted molar refractivity (Wildman–Crippen MR) is 165 cm³/mol. The summed E-state index contributed by atoms with van der Waals surface area (Å²) in [6.07, 6.45) is 7.04. The van der Waals surface area contributed by atoms with Crippen LogP contribution in [0.2, 0.25) is 5.15 Å². The average molecular weight is 600 g/mol. The lowest BCUT2D eigenvalue weighted by Crippen LogP contribution is -2.51. The molecule has 0 aliphatic heterocycles. The van der Waals surface area contributed by atoms with Crippen LogP contribution in [-0.2, 0) is 4.79 Å². The molecule has 222 valence electrons. The number of halogens is 1. The lowest BCUT2D eigenvalue weighted by Gasteiger charge is -2.43. The molecule has 2 heterocycles. The molecule has 1 N–H and O–H groups in total. The minimum Gasteiger partial charge on any atom is -0.477 e. The Balaban J connectivity index is 1.59. The molecule has 0 atom stereocenters. The molecule has 0 radical (unpaired) electrons. The number of carbonyl (C=O) groups is 2. The topological polar surface area (TPSA) is 89.9 Å². The largest absolute Gasteiger partial charge is 0.477 e. The van der Waals surface area contributed by atoms with Gasteiger partial charge in [-0.1, -0.05) is 30.4 Å². The molecule has 2 aromatic heterocycles. The van der Waals surface area contributed by atoms with Crippen LogP contribution in [0.4, 0.5) is 11.5 Å². The second-order valence-electron chi connectivity index (χ2n) is 12.6. The lowest BCUT2D eigenvalue weighted by atomic mass is 9.81. The molecule has 10 heteroatoms. The summed E-state index contributed by atoms with van der Waals surface area (Å²) in [4.78, 5) is 29.4. The van der Waals surface area contributed by atoms with E-state index in [1.807, 2.05) is 56.9 Å². The highest BCUT2D eigenvalue weighted by atomic mass is 35.5. The summed E-state index contributed by atoms with van der Waals surface area (Å²) in [5.41, 5.74) is 0.298. The van der Waals surface area contributed by atoms with Crippen molar-refractivity contribution in [3.05, 3.63) is 33.1 Å². The minimum atomic E-state index is -1.01. The number of carboxylic acid groups (broad SMARTS) is 1. The standard InChI is InChI=1S/C31H42ClN5O3S/c1-20-7-9-21(10-8-20)29(38)37(25-19-24(17-18-31(2,3)4)41-28(25)30(39)40)23-13-11-22(12-14-23)35(5)36(6)27-16-15-26(32)33-34-27/h15-16,19-23H,7-14H2,1-6H3,(H,39,40). The van der Waals surface area contributed by atoms with E-state index in [1.54, 1.807) is 6.07 Å². The number of hydrogen-bond acceptors (Lipinski definition) is 7. The van der Waals surface area contributed by atoms with Gasteiger partial charge >= 0.3 is 5.97 Å². The number of thiophene rings is 1. The van der Waals surface area contributed by atoms with E-state index in [0.29, 0.717) is 27.5 Å². The van der Waals surface area contributed by atoms with E-state index in [4.69, 9.17) is 11.6 Å². The van der Waals surface area contributed by atoms with Crippen molar-refractivity contribution in [3.8, 4) is 11.8 Å². The quantitative estimate of drug-likeness (QED) is 0.278. The van der Waals surface area contributed by atoms with E-state index in [0.717, 1.165) is 51.4 Å². The number of carboxylic acids is 1. The highest BCUT2D eigenvalue weighted by Gasteiger charge is 2.38. The zero-order valence-corrected chi connectivity index (χ0v) is 26.6. The molecule has 0 bridgehead atoms. The number of carbonyl (C=O) groups excluding carboxylic acids is 1. The van der Waals surface area contributed by atoms with Crippen LogP contribution in [0.3, 0.4) is 0 Å². The third kappa shape index (κ3) is 7.79. The van der Waals surface area contributed by atoms with Crippen molar-refractivity contribution < 1.29 is 14.7 Å². The number of aromatic carboxylic acids is 1. The van der Waals surface area contributed by atoms with Gasteiger partial charge in [-0.25, -0.2) is 9.80 Å². The Labute approximate surface area is 253 Å². The molecule has 0 aromatic carbocycles. The Kier molecular flexibility index (Phi) is 9.99. The van der Waals surface area contributed by atoms with E-state index in [1.165, 1.54) is 11.3 Å². The van der Waals surface area contributed by atoms with Crippen LogP contribution >= 0.6 is 22.9 Å². The third-order valence-electron chi connectivity index (χ3n) is 8.31. The number of aromatic nitrogens is 2. The zero-order valence-electron chi connectivity index (χ0n) is 25.0. The fraction of sp³-hybridized carbons (Fsp3) is 0.613. The summed E-state index contributed by atoms with van der Waals surface area (Å²) in [6.45, 7) is 8.32. The molecule has 2 saturated carbocycles. The number of rotatable bonds is 7. The maximum Gasteiger partial charge on any atom is 0.348 e. The van der Waals surface area contributed by atoms with Gasteiger partial charge in [0.25, 0.3) is 0 Å². The summed E-state index contributed by atoms with van der Waals surface area (Å²) in [5, 5.41) is 22.8. The van der Waals surface area contributed by atoms with Crippen molar-refractivity contribution >= 4 is 46.3 Å². The fourth-order valence-corrected chi connectivity index (χ4v) is 6.74. The first kappa shape index (κ1) is 31.3.